The molecule has 1 heterocycles. The average molecular weight is 247 g/mol. The molecule has 0 bridgehead atoms. The average Bonchev–Trinajstić information content (AvgIpc) is 2.20. The first kappa shape index (κ1) is 12.3. The Balaban J connectivity index is 2.38. The summed E-state index contributed by atoms with van der Waals surface area (Å²) in [4.78, 5) is 14.3. The second kappa shape index (κ2) is 5.95. The fraction of sp³-hybridized carbons (Fsp3) is 0.333. The third-order valence-corrected chi connectivity index (χ3v) is 3.18. The molecule has 0 unspecified atom stereocenters. The molecular formula is C9H11ClN2O2S. The number of carboxylic acid groups (broad SMARTS) is 1. The lowest BCUT2D eigenvalue weighted by Gasteiger charge is -2.06. The van der Waals surface area contributed by atoms with Gasteiger partial charge in [0.2, 0.25) is 0 Å². The van der Waals surface area contributed by atoms with Crippen molar-refractivity contribution in [2.24, 2.45) is 5.73 Å². The van der Waals surface area contributed by atoms with Crippen LogP contribution in [0.25, 0.3) is 0 Å². The predicted molar refractivity (Wildman–Crippen MR) is 61.0 cm³/mol. The summed E-state index contributed by atoms with van der Waals surface area (Å²) < 4.78 is 0. The van der Waals surface area contributed by atoms with Gasteiger partial charge in [-0.05, 0) is 11.6 Å². The highest BCUT2D eigenvalue weighted by molar-refractivity contribution is 7.98. The molecule has 0 aliphatic rings. The molecule has 0 saturated carbocycles. The van der Waals surface area contributed by atoms with Crippen molar-refractivity contribution >= 4 is 29.3 Å². The van der Waals surface area contributed by atoms with E-state index in [1.807, 2.05) is 6.07 Å². The molecule has 1 rings (SSSR count). The predicted octanol–water partition coefficient (Wildman–Crippen LogP) is 1.38. The number of carboxylic acids is 1. The summed E-state index contributed by atoms with van der Waals surface area (Å²) in [6.45, 7) is 0. The highest BCUT2D eigenvalue weighted by Gasteiger charge is 2.11. The highest BCUT2D eigenvalue weighted by atomic mass is 35.5. The van der Waals surface area contributed by atoms with Gasteiger partial charge in [-0.15, -0.1) is 0 Å². The van der Waals surface area contributed by atoms with Gasteiger partial charge >= 0.3 is 5.97 Å². The first-order valence-corrected chi connectivity index (χ1v) is 5.79. The smallest absolute Gasteiger partial charge is 0.321 e. The zero-order chi connectivity index (χ0) is 11.3. The molecule has 0 saturated heterocycles. The summed E-state index contributed by atoms with van der Waals surface area (Å²) in [5, 5.41) is 9.15. The number of aliphatic carboxylic acids is 1. The largest absolute Gasteiger partial charge is 0.480 e. The Hall–Kier alpha value is -0.780. The number of nitrogens with zero attached hydrogens (tertiary/aromatic N) is 1. The van der Waals surface area contributed by atoms with Gasteiger partial charge < -0.3 is 10.8 Å². The summed E-state index contributed by atoms with van der Waals surface area (Å²) in [6.07, 6.45) is 3.22. The van der Waals surface area contributed by atoms with E-state index < -0.39 is 12.0 Å². The van der Waals surface area contributed by atoms with Gasteiger partial charge in [0.25, 0.3) is 0 Å². The molecule has 0 amide bonds. The third-order valence-electron chi connectivity index (χ3n) is 1.73. The zero-order valence-corrected chi connectivity index (χ0v) is 9.46. The van der Waals surface area contributed by atoms with E-state index in [1.165, 1.54) is 11.8 Å². The van der Waals surface area contributed by atoms with Gasteiger partial charge in [0.1, 0.15) is 6.04 Å². The summed E-state index contributed by atoms with van der Waals surface area (Å²) in [5.41, 5.74) is 6.29. The molecule has 1 atom stereocenters. The lowest BCUT2D eigenvalue weighted by Crippen LogP contribution is -2.32. The maximum Gasteiger partial charge on any atom is 0.321 e. The van der Waals surface area contributed by atoms with Crippen LogP contribution in [0.3, 0.4) is 0 Å². The molecule has 82 valence electrons. The summed E-state index contributed by atoms with van der Waals surface area (Å²) in [7, 11) is 0. The van der Waals surface area contributed by atoms with Crippen LogP contribution in [0.15, 0.2) is 18.5 Å². The zero-order valence-electron chi connectivity index (χ0n) is 7.89. The van der Waals surface area contributed by atoms with Crippen molar-refractivity contribution < 1.29 is 9.90 Å². The summed E-state index contributed by atoms with van der Waals surface area (Å²) >= 11 is 7.32. The second-order valence-electron chi connectivity index (χ2n) is 2.93. The molecule has 0 aromatic carbocycles. The molecule has 1 aromatic rings. The van der Waals surface area contributed by atoms with Crippen LogP contribution in [-0.2, 0) is 10.5 Å². The van der Waals surface area contributed by atoms with Crippen molar-refractivity contribution in [2.45, 2.75) is 11.8 Å². The maximum absolute atomic E-state index is 10.4. The van der Waals surface area contributed by atoms with E-state index >= 15 is 0 Å². The summed E-state index contributed by atoms with van der Waals surface area (Å²) in [5.74, 6) is 0.0272. The fourth-order valence-corrected chi connectivity index (χ4v) is 2.14. The van der Waals surface area contributed by atoms with E-state index in [0.29, 0.717) is 16.5 Å². The minimum Gasteiger partial charge on any atom is -0.480 e. The lowest BCUT2D eigenvalue weighted by molar-refractivity contribution is -0.137. The number of hydrogen-bond donors (Lipinski definition) is 2. The van der Waals surface area contributed by atoms with Crippen molar-refractivity contribution in [3.05, 3.63) is 29.0 Å². The Morgan fingerprint density at radius 3 is 3.07 bits per heavy atom. The fourth-order valence-electron chi connectivity index (χ4n) is 0.888. The Labute approximate surface area is 96.8 Å². The van der Waals surface area contributed by atoms with Gasteiger partial charge in [-0.25, -0.2) is 0 Å². The molecule has 6 heteroatoms. The van der Waals surface area contributed by atoms with Crippen LogP contribution in [0.5, 0.6) is 0 Å². The van der Waals surface area contributed by atoms with E-state index in [1.54, 1.807) is 12.4 Å². The number of pyridine rings is 1. The van der Waals surface area contributed by atoms with E-state index in [0.717, 1.165) is 5.56 Å². The van der Waals surface area contributed by atoms with E-state index in [2.05, 4.69) is 4.98 Å². The van der Waals surface area contributed by atoms with E-state index in [9.17, 15) is 4.79 Å². The monoisotopic (exact) mass is 246 g/mol. The van der Waals surface area contributed by atoms with Gasteiger partial charge in [0.15, 0.2) is 0 Å². The van der Waals surface area contributed by atoms with E-state index in [4.69, 9.17) is 22.4 Å². The lowest BCUT2D eigenvalue weighted by atomic mass is 10.3. The highest BCUT2D eigenvalue weighted by Crippen LogP contribution is 2.19. The molecule has 0 fully saturated rings. The van der Waals surface area contributed by atoms with Crippen LogP contribution in [0.2, 0.25) is 5.02 Å². The van der Waals surface area contributed by atoms with Gasteiger partial charge in [0.05, 0.1) is 5.02 Å². The Kier molecular flexibility index (Phi) is 4.87. The van der Waals surface area contributed by atoms with Gasteiger partial charge in [0, 0.05) is 23.9 Å². The van der Waals surface area contributed by atoms with Crippen LogP contribution in [0, 0.1) is 0 Å². The number of aromatic nitrogens is 1. The van der Waals surface area contributed by atoms with Crippen molar-refractivity contribution in [3.63, 3.8) is 0 Å². The number of carbonyl (C=O) groups is 1. The van der Waals surface area contributed by atoms with Crippen LogP contribution >= 0.6 is 23.4 Å². The number of hydrogen-bond acceptors (Lipinski definition) is 4. The Morgan fingerprint density at radius 2 is 2.47 bits per heavy atom. The quantitative estimate of drug-likeness (QED) is 0.821. The minimum atomic E-state index is -0.983. The second-order valence-corrected chi connectivity index (χ2v) is 4.36. The molecule has 0 aliphatic heterocycles. The number of halogens is 1. The van der Waals surface area contributed by atoms with Crippen molar-refractivity contribution in [2.75, 3.05) is 5.75 Å². The van der Waals surface area contributed by atoms with Crippen molar-refractivity contribution in [1.29, 1.82) is 0 Å². The standard InChI is InChI=1S/C9H11ClN2O2S/c10-7-3-12-2-1-6(7)4-15-5-8(11)9(13)14/h1-3,8H,4-5,11H2,(H,13,14)/t8-/m1/s1. The number of thioether (sulfide) groups is 1. The minimum absolute atomic E-state index is 0.369. The Bertz CT molecular complexity index is 349. The molecular weight excluding hydrogens is 236 g/mol. The number of nitrogens with two attached hydrogens (primary N) is 1. The SMILES string of the molecule is N[C@H](CSCc1ccncc1Cl)C(=O)O. The first-order valence-electron chi connectivity index (χ1n) is 4.25. The van der Waals surface area contributed by atoms with Crippen LogP contribution in [-0.4, -0.2) is 27.9 Å². The first-order chi connectivity index (χ1) is 7.11. The van der Waals surface area contributed by atoms with E-state index in [-0.39, 0.29) is 0 Å². The summed E-state index contributed by atoms with van der Waals surface area (Å²) in [6, 6.07) is 0.984. The van der Waals surface area contributed by atoms with Gasteiger partial charge in [-0.2, -0.15) is 11.8 Å². The van der Waals surface area contributed by atoms with Gasteiger partial charge in [-0.1, -0.05) is 11.6 Å². The maximum atomic E-state index is 10.4. The third kappa shape index (κ3) is 4.07. The van der Waals surface area contributed by atoms with Gasteiger partial charge in [-0.3, -0.25) is 9.78 Å². The van der Waals surface area contributed by atoms with Crippen molar-refractivity contribution in [3.8, 4) is 0 Å². The van der Waals surface area contributed by atoms with Crippen molar-refractivity contribution in [1.82, 2.24) is 4.98 Å². The van der Waals surface area contributed by atoms with Crippen LogP contribution < -0.4 is 5.73 Å². The Morgan fingerprint density at radius 1 is 1.73 bits per heavy atom. The molecule has 0 aliphatic carbocycles. The molecule has 0 spiro atoms. The molecule has 15 heavy (non-hydrogen) atoms. The number of rotatable bonds is 5. The molecule has 4 nitrogen and oxygen atoms in total. The normalized spacial score (nSPS) is 12.4. The molecule has 0 radical (unpaired) electrons. The van der Waals surface area contributed by atoms with Crippen LogP contribution in [0.4, 0.5) is 0 Å². The molecule has 3 N–H and O–H groups in total. The molecule has 1 aromatic heterocycles. The topological polar surface area (TPSA) is 76.2 Å². The van der Waals surface area contributed by atoms with Crippen LogP contribution in [0.1, 0.15) is 5.56 Å².